The van der Waals surface area contributed by atoms with Crippen molar-refractivity contribution in [3.63, 3.8) is 0 Å². The summed E-state index contributed by atoms with van der Waals surface area (Å²) in [5.41, 5.74) is 7.96. The van der Waals surface area contributed by atoms with Crippen molar-refractivity contribution < 1.29 is 14.3 Å². The summed E-state index contributed by atoms with van der Waals surface area (Å²) in [5, 5.41) is 12.0. The summed E-state index contributed by atoms with van der Waals surface area (Å²) >= 11 is 0. The van der Waals surface area contributed by atoms with Gasteiger partial charge in [-0.3, -0.25) is 9.59 Å². The van der Waals surface area contributed by atoms with Crippen LogP contribution in [0, 0.1) is 11.3 Å². The number of nitrogens with zero attached hydrogens (tertiary/aromatic N) is 3. The third kappa shape index (κ3) is 11.3. The Morgan fingerprint density at radius 3 is 2.77 bits per heavy atom. The number of carbonyl (C=O) groups is 2. The second-order valence-corrected chi connectivity index (χ2v) is 15.7. The molecule has 0 spiro atoms. The van der Waals surface area contributed by atoms with Crippen molar-refractivity contribution in [1.82, 2.24) is 14.9 Å². The maximum Gasteiger partial charge on any atom is 0.287 e. The number of carbonyl (C=O) groups excluding carboxylic acids is 2. The summed E-state index contributed by atoms with van der Waals surface area (Å²) in [4.78, 5) is 28.1. The lowest BCUT2D eigenvalue weighted by Gasteiger charge is -2.15. The van der Waals surface area contributed by atoms with Crippen molar-refractivity contribution in [3.05, 3.63) is 53.2 Å². The number of nitrogens with two attached hydrogens (primary N) is 1. The molecule has 0 bridgehead atoms. The van der Waals surface area contributed by atoms with Crippen molar-refractivity contribution in [2.24, 2.45) is 5.73 Å². The molecular weight excluding hydrogens is 458 g/mol. The van der Waals surface area contributed by atoms with Gasteiger partial charge in [0.2, 0.25) is 11.7 Å². The van der Waals surface area contributed by atoms with Gasteiger partial charge in [0.05, 0.1) is 0 Å². The Kier molecular flexibility index (Phi) is 11.7. The Bertz CT molecular complexity index is 996. The molecule has 1 aliphatic rings. The average molecular weight is 498 g/mol. The maximum atomic E-state index is 12.7. The molecule has 1 aromatic heterocycles. The van der Waals surface area contributed by atoms with Crippen LogP contribution in [0.2, 0.25) is 25.7 Å². The third-order valence-electron chi connectivity index (χ3n) is 5.70. The highest BCUT2D eigenvalue weighted by atomic mass is 28.3. The number of hydrogen-bond acceptors (Lipinski definition) is 5. The summed E-state index contributed by atoms with van der Waals surface area (Å²) in [5.74, 6) is -0.557. The van der Waals surface area contributed by atoms with Crippen LogP contribution in [0.25, 0.3) is 0 Å². The zero-order valence-electron chi connectivity index (χ0n) is 21.3. The Morgan fingerprint density at radius 2 is 2.11 bits per heavy atom. The first-order valence-corrected chi connectivity index (χ1v) is 16.0. The van der Waals surface area contributed by atoms with E-state index in [9.17, 15) is 14.9 Å². The molecule has 35 heavy (non-hydrogen) atoms. The lowest BCUT2D eigenvalue weighted by atomic mass is 9.95. The molecule has 2 amide bonds. The van der Waals surface area contributed by atoms with Gasteiger partial charge in [0.1, 0.15) is 12.8 Å². The highest BCUT2D eigenvalue weighted by Gasteiger charge is 2.16. The zero-order valence-corrected chi connectivity index (χ0v) is 22.3. The molecule has 0 aromatic carbocycles. The molecule has 0 atom stereocenters. The molecule has 0 fully saturated rings. The van der Waals surface area contributed by atoms with Crippen LogP contribution in [0.4, 0.5) is 0 Å². The van der Waals surface area contributed by atoms with E-state index in [4.69, 9.17) is 10.5 Å². The number of nitrogens with one attached hydrogen (secondary N) is 1. The Morgan fingerprint density at radius 1 is 1.31 bits per heavy atom. The molecule has 1 heterocycles. The van der Waals surface area contributed by atoms with E-state index >= 15 is 0 Å². The number of primary amides is 1. The number of amides is 2. The fourth-order valence-corrected chi connectivity index (χ4v) is 4.36. The molecule has 1 aromatic rings. The van der Waals surface area contributed by atoms with Crippen LogP contribution in [0.1, 0.15) is 61.3 Å². The van der Waals surface area contributed by atoms with Gasteiger partial charge in [-0.1, -0.05) is 55.1 Å². The zero-order chi connectivity index (χ0) is 25.7. The standard InChI is InChI=1S/C26H39N5O3Si/c1-35(2,3)17-16-34-20-31-19-23(18-27)30-25(31)26(33)29-15-7-10-22(13-14-24(28)32)12-11-21-8-5-4-6-9-21/h7-8,10,12,19H,4-6,9,11,13-17,20H2,1-3H3,(H2,28,32)(H,29,33)/b10-7-,22-12+. The van der Waals surface area contributed by atoms with Crippen molar-refractivity contribution >= 4 is 19.9 Å². The van der Waals surface area contributed by atoms with E-state index in [1.165, 1.54) is 24.6 Å². The smallest absolute Gasteiger partial charge is 0.287 e. The molecule has 1 aliphatic carbocycles. The molecule has 190 valence electrons. The molecule has 0 radical (unpaired) electrons. The van der Waals surface area contributed by atoms with Gasteiger partial charge in [-0.25, -0.2) is 4.98 Å². The third-order valence-corrected chi connectivity index (χ3v) is 7.41. The Hall–Kier alpha value is -2.96. The number of hydrogen-bond donors (Lipinski definition) is 2. The van der Waals surface area contributed by atoms with Crippen LogP contribution in [0.3, 0.4) is 0 Å². The van der Waals surface area contributed by atoms with E-state index in [0.29, 0.717) is 19.6 Å². The minimum absolute atomic E-state index is 0.150. The predicted molar refractivity (Wildman–Crippen MR) is 140 cm³/mol. The van der Waals surface area contributed by atoms with Gasteiger partial charge in [-0.05, 0) is 44.6 Å². The maximum absolute atomic E-state index is 12.7. The number of allylic oxidation sites excluding steroid dienone is 5. The summed E-state index contributed by atoms with van der Waals surface area (Å²) in [6, 6.07) is 3.00. The minimum Gasteiger partial charge on any atom is -0.370 e. The summed E-state index contributed by atoms with van der Waals surface area (Å²) < 4.78 is 7.30. The van der Waals surface area contributed by atoms with E-state index < -0.39 is 8.07 Å². The van der Waals surface area contributed by atoms with Crippen LogP contribution in [0.15, 0.2) is 41.6 Å². The van der Waals surface area contributed by atoms with Crippen molar-refractivity contribution in [3.8, 4) is 6.07 Å². The van der Waals surface area contributed by atoms with Gasteiger partial charge in [-0.2, -0.15) is 5.26 Å². The molecular formula is C26H39N5O3Si. The SMILES string of the molecule is C[Si](C)(C)CCOCn1cc(C#N)nc1C(=O)NC/C=C\C(=C/CC1=CCCCC1)CCC(N)=O. The molecule has 0 unspecified atom stereocenters. The average Bonchev–Trinajstić information content (AvgIpc) is 3.24. The van der Waals surface area contributed by atoms with E-state index in [2.05, 4.69) is 42.1 Å². The van der Waals surface area contributed by atoms with Crippen LogP contribution < -0.4 is 11.1 Å². The first-order chi connectivity index (χ1) is 16.7. The normalized spacial score (nSPS) is 14.6. The number of ether oxygens (including phenoxy) is 1. The first-order valence-electron chi connectivity index (χ1n) is 12.3. The minimum atomic E-state index is -1.21. The number of aromatic nitrogens is 2. The van der Waals surface area contributed by atoms with Crippen molar-refractivity contribution in [2.45, 2.75) is 77.4 Å². The lowest BCUT2D eigenvalue weighted by molar-refractivity contribution is -0.117. The quantitative estimate of drug-likeness (QED) is 0.170. The number of rotatable bonds is 14. The molecule has 8 nitrogen and oxygen atoms in total. The largest absolute Gasteiger partial charge is 0.370 e. The molecule has 0 aliphatic heterocycles. The van der Waals surface area contributed by atoms with Crippen molar-refractivity contribution in [1.29, 1.82) is 5.26 Å². The molecule has 9 heteroatoms. The molecule has 0 saturated heterocycles. The second kappa shape index (κ2) is 14.4. The van der Waals surface area contributed by atoms with E-state index in [0.717, 1.165) is 30.9 Å². The molecule has 0 saturated carbocycles. The van der Waals surface area contributed by atoms with Crippen LogP contribution in [-0.4, -0.2) is 42.6 Å². The van der Waals surface area contributed by atoms with Crippen LogP contribution in [-0.2, 0) is 16.3 Å². The van der Waals surface area contributed by atoms with Gasteiger partial charge in [0.25, 0.3) is 5.91 Å². The van der Waals surface area contributed by atoms with Crippen LogP contribution in [0.5, 0.6) is 0 Å². The van der Waals surface area contributed by atoms with Crippen LogP contribution >= 0.6 is 0 Å². The van der Waals surface area contributed by atoms with E-state index in [1.807, 2.05) is 18.2 Å². The van der Waals surface area contributed by atoms with Gasteiger partial charge in [0.15, 0.2) is 5.69 Å². The fraction of sp³-hybridized carbons (Fsp3) is 0.538. The Balaban J connectivity index is 1.94. The second-order valence-electron chi connectivity index (χ2n) is 10.0. The van der Waals surface area contributed by atoms with Gasteiger partial charge >= 0.3 is 0 Å². The van der Waals surface area contributed by atoms with Gasteiger partial charge in [-0.15, -0.1) is 0 Å². The monoisotopic (exact) mass is 497 g/mol. The first kappa shape index (κ1) is 28.3. The number of nitriles is 1. The number of imidazole rings is 1. The van der Waals surface area contributed by atoms with E-state index in [-0.39, 0.29) is 36.5 Å². The summed E-state index contributed by atoms with van der Waals surface area (Å²) in [6.45, 7) is 7.89. The fourth-order valence-electron chi connectivity index (χ4n) is 3.60. The van der Waals surface area contributed by atoms with Gasteiger partial charge < -0.3 is 20.4 Å². The van der Waals surface area contributed by atoms with Crippen molar-refractivity contribution in [2.75, 3.05) is 13.2 Å². The molecule has 3 N–H and O–H groups in total. The Labute approximate surface area is 209 Å². The lowest BCUT2D eigenvalue weighted by Crippen LogP contribution is -2.27. The van der Waals surface area contributed by atoms with Gasteiger partial charge in [0, 0.05) is 33.8 Å². The highest BCUT2D eigenvalue weighted by molar-refractivity contribution is 6.76. The summed E-state index contributed by atoms with van der Waals surface area (Å²) in [6.07, 6.45) is 16.2. The summed E-state index contributed by atoms with van der Waals surface area (Å²) in [7, 11) is -1.21. The topological polar surface area (TPSA) is 123 Å². The van der Waals surface area contributed by atoms with E-state index in [1.54, 1.807) is 4.57 Å². The predicted octanol–water partition coefficient (Wildman–Crippen LogP) is 4.44. The highest BCUT2D eigenvalue weighted by Crippen LogP contribution is 2.22. The molecule has 2 rings (SSSR count).